The number of nitrogens with two attached hydrogens (primary N) is 2. The molecule has 0 fully saturated rings. The maximum Gasteiger partial charge on any atom is 0.255 e. The molecule has 0 aliphatic rings. The van der Waals surface area contributed by atoms with Crippen molar-refractivity contribution in [1.82, 2.24) is 9.69 Å². The first-order valence-corrected chi connectivity index (χ1v) is 6.69. The van der Waals surface area contributed by atoms with Crippen LogP contribution in [0.15, 0.2) is 0 Å². The van der Waals surface area contributed by atoms with E-state index in [4.69, 9.17) is 11.5 Å². The van der Waals surface area contributed by atoms with Crippen molar-refractivity contribution in [2.45, 2.75) is 26.8 Å². The summed E-state index contributed by atoms with van der Waals surface area (Å²) in [7, 11) is 0. The predicted molar refractivity (Wildman–Crippen MR) is 76.0 cm³/mol. The number of hydrogen-bond acceptors (Lipinski definition) is 6. The van der Waals surface area contributed by atoms with Crippen LogP contribution in [0.25, 0.3) is 0 Å². The molecule has 1 aromatic heterocycles. The highest BCUT2D eigenvalue weighted by Crippen LogP contribution is 2.26. The summed E-state index contributed by atoms with van der Waals surface area (Å²) in [5.41, 5.74) is 10.9. The fourth-order valence-electron chi connectivity index (χ4n) is 1.36. The predicted octanol–water partition coefficient (Wildman–Crippen LogP) is 0.397. The van der Waals surface area contributed by atoms with E-state index in [9.17, 15) is 9.59 Å². The average Bonchev–Trinajstić information content (AvgIpc) is 2.67. The monoisotopic (exact) mass is 285 g/mol. The highest BCUT2D eigenvalue weighted by molar-refractivity contribution is 7.11. The summed E-state index contributed by atoms with van der Waals surface area (Å²) in [5, 5.41) is 6.11. The van der Waals surface area contributed by atoms with E-state index in [1.807, 2.05) is 13.8 Å². The minimum absolute atomic E-state index is 0.0785. The van der Waals surface area contributed by atoms with Gasteiger partial charge in [0.25, 0.3) is 5.91 Å². The van der Waals surface area contributed by atoms with Gasteiger partial charge in [0, 0.05) is 6.54 Å². The Morgan fingerprint density at radius 2 is 2.00 bits per heavy atom. The Morgan fingerprint density at radius 3 is 2.53 bits per heavy atom. The molecule has 2 amide bonds. The summed E-state index contributed by atoms with van der Waals surface area (Å²) in [4.78, 5) is 23.0. The molecule has 1 unspecified atom stereocenters. The van der Waals surface area contributed by atoms with E-state index in [-0.39, 0.29) is 17.3 Å². The SMILES string of the molecule is CC(C)CNC(=O)C(C)Nc1snc(N)c1C(N)=O. The first-order valence-electron chi connectivity index (χ1n) is 5.92. The summed E-state index contributed by atoms with van der Waals surface area (Å²) in [6.45, 7) is 6.30. The maximum atomic E-state index is 11.8. The molecular formula is C11H19N5O2S. The molecule has 0 aliphatic carbocycles. The molecule has 8 heteroatoms. The number of carbonyl (C=O) groups is 2. The fraction of sp³-hybridized carbons (Fsp3) is 0.545. The lowest BCUT2D eigenvalue weighted by Gasteiger charge is -2.15. The van der Waals surface area contributed by atoms with Crippen molar-refractivity contribution < 1.29 is 9.59 Å². The summed E-state index contributed by atoms with van der Waals surface area (Å²) in [6.07, 6.45) is 0. The van der Waals surface area contributed by atoms with Gasteiger partial charge in [-0.15, -0.1) is 0 Å². The van der Waals surface area contributed by atoms with Crippen molar-refractivity contribution in [2.75, 3.05) is 17.6 Å². The van der Waals surface area contributed by atoms with Crippen LogP contribution in [0.1, 0.15) is 31.1 Å². The minimum Gasteiger partial charge on any atom is -0.382 e. The van der Waals surface area contributed by atoms with E-state index in [1.165, 1.54) is 0 Å². The lowest BCUT2D eigenvalue weighted by Crippen LogP contribution is -2.39. The van der Waals surface area contributed by atoms with E-state index in [1.54, 1.807) is 6.92 Å². The van der Waals surface area contributed by atoms with Gasteiger partial charge in [0.05, 0.1) is 0 Å². The van der Waals surface area contributed by atoms with Gasteiger partial charge in [-0.1, -0.05) is 13.8 Å². The van der Waals surface area contributed by atoms with Gasteiger partial charge in [-0.3, -0.25) is 9.59 Å². The molecule has 19 heavy (non-hydrogen) atoms. The van der Waals surface area contributed by atoms with Gasteiger partial charge in [-0.05, 0) is 24.4 Å². The van der Waals surface area contributed by atoms with Gasteiger partial charge in [0.2, 0.25) is 5.91 Å². The third-order valence-electron chi connectivity index (χ3n) is 2.39. The Hall–Kier alpha value is -1.83. The normalized spacial score (nSPS) is 12.2. The standard InChI is InChI=1S/C11H19N5O2S/c1-5(2)4-14-10(18)6(3)15-11-7(9(13)17)8(12)16-19-11/h5-6,15H,4H2,1-3H3,(H2,12,16)(H2,13,17)(H,14,18). The van der Waals surface area contributed by atoms with Gasteiger partial charge >= 0.3 is 0 Å². The zero-order valence-electron chi connectivity index (χ0n) is 11.2. The van der Waals surface area contributed by atoms with Crippen LogP contribution < -0.4 is 22.1 Å². The van der Waals surface area contributed by atoms with Crippen molar-refractivity contribution in [3.05, 3.63) is 5.56 Å². The average molecular weight is 285 g/mol. The third-order valence-corrected chi connectivity index (χ3v) is 3.18. The number of primary amides is 1. The summed E-state index contributed by atoms with van der Waals surface area (Å²) in [5.74, 6) is -0.370. The van der Waals surface area contributed by atoms with Gasteiger partial charge in [-0.2, -0.15) is 4.37 Å². The van der Waals surface area contributed by atoms with Crippen molar-refractivity contribution in [3.8, 4) is 0 Å². The molecule has 1 aromatic rings. The number of hydrogen-bond donors (Lipinski definition) is 4. The molecule has 0 saturated heterocycles. The summed E-state index contributed by atoms with van der Waals surface area (Å²) in [6, 6.07) is -0.503. The molecule has 1 atom stereocenters. The molecule has 0 radical (unpaired) electrons. The number of nitrogens with zero attached hydrogens (tertiary/aromatic N) is 1. The highest BCUT2D eigenvalue weighted by atomic mass is 32.1. The summed E-state index contributed by atoms with van der Waals surface area (Å²) < 4.78 is 3.85. The van der Waals surface area contributed by atoms with Crippen LogP contribution in [0.2, 0.25) is 0 Å². The Morgan fingerprint density at radius 1 is 1.37 bits per heavy atom. The van der Waals surface area contributed by atoms with Crippen LogP contribution in [-0.2, 0) is 4.79 Å². The van der Waals surface area contributed by atoms with Crippen LogP contribution >= 0.6 is 11.5 Å². The second-order valence-electron chi connectivity index (χ2n) is 4.64. The fourth-order valence-corrected chi connectivity index (χ4v) is 2.17. The highest BCUT2D eigenvalue weighted by Gasteiger charge is 2.20. The van der Waals surface area contributed by atoms with Crippen molar-refractivity contribution >= 4 is 34.2 Å². The van der Waals surface area contributed by atoms with Crippen LogP contribution in [-0.4, -0.2) is 28.8 Å². The second kappa shape index (κ2) is 6.37. The molecule has 0 aliphatic heterocycles. The number of nitrogens with one attached hydrogen (secondary N) is 2. The lowest BCUT2D eigenvalue weighted by molar-refractivity contribution is -0.121. The second-order valence-corrected chi connectivity index (χ2v) is 5.41. The summed E-state index contributed by atoms with van der Waals surface area (Å²) >= 11 is 1.01. The van der Waals surface area contributed by atoms with Crippen LogP contribution in [0.4, 0.5) is 10.8 Å². The van der Waals surface area contributed by atoms with Crippen LogP contribution in [0, 0.1) is 5.92 Å². The van der Waals surface area contributed by atoms with Gasteiger partial charge in [0.1, 0.15) is 16.6 Å². The van der Waals surface area contributed by atoms with E-state index in [0.717, 1.165) is 11.5 Å². The van der Waals surface area contributed by atoms with Crippen molar-refractivity contribution in [2.24, 2.45) is 11.7 Å². The van der Waals surface area contributed by atoms with Gasteiger partial charge in [0.15, 0.2) is 5.82 Å². The quantitative estimate of drug-likeness (QED) is 0.602. The molecule has 1 heterocycles. The Labute approximate surface area is 115 Å². The van der Waals surface area contributed by atoms with E-state index < -0.39 is 11.9 Å². The Bertz CT molecular complexity index is 472. The molecule has 106 valence electrons. The van der Waals surface area contributed by atoms with E-state index in [2.05, 4.69) is 15.0 Å². The first kappa shape index (κ1) is 15.2. The lowest BCUT2D eigenvalue weighted by atomic mass is 10.2. The Balaban J connectivity index is 2.69. The van der Waals surface area contributed by atoms with Crippen LogP contribution in [0.3, 0.4) is 0 Å². The number of aromatic nitrogens is 1. The zero-order chi connectivity index (χ0) is 14.6. The van der Waals surface area contributed by atoms with Crippen molar-refractivity contribution in [3.63, 3.8) is 0 Å². The molecule has 0 aromatic carbocycles. The molecule has 1 rings (SSSR count). The zero-order valence-corrected chi connectivity index (χ0v) is 12.0. The van der Waals surface area contributed by atoms with E-state index >= 15 is 0 Å². The molecule has 0 bridgehead atoms. The number of anilines is 2. The molecule has 6 N–H and O–H groups in total. The largest absolute Gasteiger partial charge is 0.382 e. The minimum atomic E-state index is -0.663. The number of rotatable bonds is 6. The van der Waals surface area contributed by atoms with Crippen molar-refractivity contribution in [1.29, 1.82) is 0 Å². The number of nitrogen functional groups attached to an aromatic ring is 1. The van der Waals surface area contributed by atoms with E-state index in [0.29, 0.717) is 17.5 Å². The van der Waals surface area contributed by atoms with Gasteiger partial charge in [-0.25, -0.2) is 0 Å². The molecule has 7 nitrogen and oxygen atoms in total. The topological polar surface area (TPSA) is 123 Å². The van der Waals surface area contributed by atoms with Gasteiger partial charge < -0.3 is 22.1 Å². The third kappa shape index (κ3) is 4.09. The first-order chi connectivity index (χ1) is 8.82. The smallest absolute Gasteiger partial charge is 0.255 e. The van der Waals surface area contributed by atoms with Crippen LogP contribution in [0.5, 0.6) is 0 Å². The number of carbonyl (C=O) groups excluding carboxylic acids is 2. The number of amides is 2. The Kier molecular flexibility index (Phi) is 5.11. The molecule has 0 saturated carbocycles. The molecule has 0 spiro atoms. The molecular weight excluding hydrogens is 266 g/mol. The maximum absolute atomic E-state index is 11.8.